The van der Waals surface area contributed by atoms with Crippen molar-refractivity contribution < 1.29 is 14.3 Å². The summed E-state index contributed by atoms with van der Waals surface area (Å²) in [4.78, 5) is 14.3. The fourth-order valence-electron chi connectivity index (χ4n) is 3.57. The average Bonchev–Trinajstić information content (AvgIpc) is 2.89. The molecule has 22 heavy (non-hydrogen) atoms. The second kappa shape index (κ2) is 6.39. The van der Waals surface area contributed by atoms with Gasteiger partial charge in [-0.2, -0.15) is 0 Å². The Morgan fingerprint density at radius 2 is 2.09 bits per heavy atom. The quantitative estimate of drug-likeness (QED) is 0.837. The monoisotopic (exact) mass is 303 g/mol. The van der Waals surface area contributed by atoms with Crippen molar-refractivity contribution in [3.63, 3.8) is 0 Å². The molecule has 0 radical (unpaired) electrons. The van der Waals surface area contributed by atoms with E-state index in [2.05, 4.69) is 19.1 Å². The van der Waals surface area contributed by atoms with Crippen molar-refractivity contribution in [1.82, 2.24) is 4.90 Å². The van der Waals surface area contributed by atoms with Crippen LogP contribution in [0.5, 0.6) is 0 Å². The molecule has 1 spiro atoms. The molecule has 0 saturated carbocycles. The van der Waals surface area contributed by atoms with Crippen molar-refractivity contribution in [3.8, 4) is 0 Å². The van der Waals surface area contributed by atoms with E-state index in [1.165, 1.54) is 5.56 Å². The molecule has 120 valence electrons. The van der Waals surface area contributed by atoms with E-state index < -0.39 is 0 Å². The number of likely N-dealkylation sites (tertiary alicyclic amines) is 1. The molecule has 0 unspecified atom stereocenters. The van der Waals surface area contributed by atoms with Crippen LogP contribution in [0.25, 0.3) is 0 Å². The van der Waals surface area contributed by atoms with Crippen LogP contribution in [0.1, 0.15) is 24.0 Å². The highest BCUT2D eigenvalue weighted by Crippen LogP contribution is 2.41. The SMILES string of the molecule is COCC[C@@H]1CCOC12CN(C(=O)Cc1ccc(C)cc1)C2. The molecule has 0 N–H and O–H groups in total. The first-order valence-corrected chi connectivity index (χ1v) is 8.09. The van der Waals surface area contributed by atoms with Crippen LogP contribution in [0.2, 0.25) is 0 Å². The van der Waals surface area contributed by atoms with Gasteiger partial charge in [-0.1, -0.05) is 29.8 Å². The van der Waals surface area contributed by atoms with Gasteiger partial charge in [-0.15, -0.1) is 0 Å². The molecule has 1 amide bonds. The maximum Gasteiger partial charge on any atom is 0.227 e. The number of hydrogen-bond acceptors (Lipinski definition) is 3. The summed E-state index contributed by atoms with van der Waals surface area (Å²) < 4.78 is 11.2. The Labute approximate surface area is 132 Å². The Bertz CT molecular complexity index is 520. The van der Waals surface area contributed by atoms with E-state index in [4.69, 9.17) is 9.47 Å². The minimum atomic E-state index is -0.0958. The number of nitrogens with zero attached hydrogens (tertiary/aromatic N) is 1. The predicted molar refractivity (Wildman–Crippen MR) is 84.7 cm³/mol. The number of methoxy groups -OCH3 is 1. The fourth-order valence-corrected chi connectivity index (χ4v) is 3.57. The number of amides is 1. The van der Waals surface area contributed by atoms with Gasteiger partial charge in [-0.3, -0.25) is 4.79 Å². The molecule has 1 atom stereocenters. The highest BCUT2D eigenvalue weighted by atomic mass is 16.5. The van der Waals surface area contributed by atoms with E-state index in [0.717, 1.165) is 44.7 Å². The van der Waals surface area contributed by atoms with Gasteiger partial charge in [-0.05, 0) is 31.2 Å². The minimum Gasteiger partial charge on any atom is -0.385 e. The van der Waals surface area contributed by atoms with Crippen LogP contribution in [0.4, 0.5) is 0 Å². The summed E-state index contributed by atoms with van der Waals surface area (Å²) in [6.07, 6.45) is 2.60. The van der Waals surface area contributed by atoms with Gasteiger partial charge in [0.05, 0.1) is 19.5 Å². The van der Waals surface area contributed by atoms with Gasteiger partial charge in [0.25, 0.3) is 0 Å². The molecule has 1 aromatic carbocycles. The molecular formula is C18H25NO3. The smallest absolute Gasteiger partial charge is 0.227 e. The van der Waals surface area contributed by atoms with Crippen molar-refractivity contribution >= 4 is 5.91 Å². The molecular weight excluding hydrogens is 278 g/mol. The Hall–Kier alpha value is -1.39. The van der Waals surface area contributed by atoms with Crippen LogP contribution in [-0.4, -0.2) is 49.8 Å². The molecule has 2 fully saturated rings. The van der Waals surface area contributed by atoms with Crippen LogP contribution in [0.3, 0.4) is 0 Å². The van der Waals surface area contributed by atoms with Gasteiger partial charge in [0.15, 0.2) is 0 Å². The van der Waals surface area contributed by atoms with E-state index in [1.54, 1.807) is 7.11 Å². The standard InChI is InChI=1S/C18H25NO3/c1-14-3-5-15(6-4-14)11-17(20)19-12-18(13-19)16(7-9-21-2)8-10-22-18/h3-6,16H,7-13H2,1-2H3/t16-/m1/s1. The molecule has 2 aliphatic rings. The lowest BCUT2D eigenvalue weighted by molar-refractivity contribution is -0.165. The number of ether oxygens (including phenoxy) is 2. The first kappa shape index (κ1) is 15.5. The van der Waals surface area contributed by atoms with Crippen molar-refractivity contribution in [1.29, 1.82) is 0 Å². The van der Waals surface area contributed by atoms with E-state index >= 15 is 0 Å². The number of hydrogen-bond donors (Lipinski definition) is 0. The zero-order valence-corrected chi connectivity index (χ0v) is 13.5. The van der Waals surface area contributed by atoms with Crippen molar-refractivity contribution in [2.75, 3.05) is 33.4 Å². The van der Waals surface area contributed by atoms with Gasteiger partial charge >= 0.3 is 0 Å². The summed E-state index contributed by atoms with van der Waals surface area (Å²) in [5.41, 5.74) is 2.21. The number of rotatable bonds is 5. The third kappa shape index (κ3) is 3.03. The van der Waals surface area contributed by atoms with Gasteiger partial charge in [-0.25, -0.2) is 0 Å². The summed E-state index contributed by atoms with van der Waals surface area (Å²) in [6.45, 7) is 5.13. The van der Waals surface area contributed by atoms with E-state index in [1.807, 2.05) is 17.0 Å². The molecule has 0 aliphatic carbocycles. The van der Waals surface area contributed by atoms with Gasteiger partial charge < -0.3 is 14.4 Å². The topological polar surface area (TPSA) is 38.8 Å². The fraction of sp³-hybridized carbons (Fsp3) is 0.611. The number of carbonyl (C=O) groups is 1. The van der Waals surface area contributed by atoms with E-state index in [9.17, 15) is 4.79 Å². The van der Waals surface area contributed by atoms with Gasteiger partial charge in [0.2, 0.25) is 5.91 Å². The van der Waals surface area contributed by atoms with Crippen LogP contribution in [0, 0.1) is 12.8 Å². The molecule has 3 rings (SSSR count). The molecule has 1 aromatic rings. The van der Waals surface area contributed by atoms with Crippen LogP contribution >= 0.6 is 0 Å². The number of carbonyl (C=O) groups excluding carboxylic acids is 1. The third-order valence-corrected chi connectivity index (χ3v) is 5.02. The van der Waals surface area contributed by atoms with E-state index in [0.29, 0.717) is 12.3 Å². The maximum atomic E-state index is 12.4. The highest BCUT2D eigenvalue weighted by molar-refractivity contribution is 5.80. The zero-order chi connectivity index (χ0) is 15.6. The second-order valence-electron chi connectivity index (χ2n) is 6.59. The minimum absolute atomic E-state index is 0.0958. The lowest BCUT2D eigenvalue weighted by atomic mass is 9.79. The lowest BCUT2D eigenvalue weighted by Crippen LogP contribution is -2.66. The van der Waals surface area contributed by atoms with Crippen molar-refractivity contribution in [2.45, 2.75) is 31.8 Å². The Morgan fingerprint density at radius 1 is 1.36 bits per heavy atom. The number of aryl methyl sites for hydroxylation is 1. The average molecular weight is 303 g/mol. The normalized spacial score (nSPS) is 22.8. The summed E-state index contributed by atoms with van der Waals surface area (Å²) in [6, 6.07) is 8.19. The molecule has 0 aromatic heterocycles. The van der Waals surface area contributed by atoms with Crippen LogP contribution < -0.4 is 0 Å². The maximum absolute atomic E-state index is 12.4. The highest BCUT2D eigenvalue weighted by Gasteiger charge is 2.53. The molecule has 4 heteroatoms. The van der Waals surface area contributed by atoms with Crippen molar-refractivity contribution in [2.24, 2.45) is 5.92 Å². The summed E-state index contributed by atoms with van der Waals surface area (Å²) in [5.74, 6) is 0.728. The second-order valence-corrected chi connectivity index (χ2v) is 6.59. The molecule has 0 bridgehead atoms. The molecule has 2 heterocycles. The predicted octanol–water partition coefficient (Wildman–Crippen LogP) is 2.19. The largest absolute Gasteiger partial charge is 0.385 e. The van der Waals surface area contributed by atoms with Crippen LogP contribution in [-0.2, 0) is 20.7 Å². The molecule has 4 nitrogen and oxygen atoms in total. The molecule has 2 saturated heterocycles. The molecule has 2 aliphatic heterocycles. The summed E-state index contributed by atoms with van der Waals surface area (Å²) in [5, 5.41) is 0. The van der Waals surface area contributed by atoms with Gasteiger partial charge in [0, 0.05) is 20.3 Å². The van der Waals surface area contributed by atoms with Crippen LogP contribution in [0.15, 0.2) is 24.3 Å². The summed E-state index contributed by atoms with van der Waals surface area (Å²) >= 11 is 0. The third-order valence-electron chi connectivity index (χ3n) is 5.02. The summed E-state index contributed by atoms with van der Waals surface area (Å²) in [7, 11) is 1.74. The Balaban J connectivity index is 1.53. The number of benzene rings is 1. The van der Waals surface area contributed by atoms with E-state index in [-0.39, 0.29) is 11.5 Å². The zero-order valence-electron chi connectivity index (χ0n) is 13.5. The Morgan fingerprint density at radius 3 is 2.77 bits per heavy atom. The first-order valence-electron chi connectivity index (χ1n) is 8.09. The Kier molecular flexibility index (Phi) is 4.50. The first-order chi connectivity index (χ1) is 10.6. The van der Waals surface area contributed by atoms with Gasteiger partial charge in [0.1, 0.15) is 5.60 Å². The van der Waals surface area contributed by atoms with Crippen molar-refractivity contribution in [3.05, 3.63) is 35.4 Å². The lowest BCUT2D eigenvalue weighted by Gasteiger charge is -2.50.